The van der Waals surface area contributed by atoms with E-state index >= 15 is 0 Å². The van der Waals surface area contributed by atoms with E-state index in [-0.39, 0.29) is 19.5 Å². The molecule has 0 bridgehead atoms. The number of piperidine rings is 1. The number of carbonyl (C=O) groups excluding carboxylic acids is 2. The molecule has 0 saturated carbocycles. The minimum atomic E-state index is -1.56. The largest absolute Gasteiger partial charge is 0.444 e. The van der Waals surface area contributed by atoms with Gasteiger partial charge in [-0.3, -0.25) is 4.79 Å². The first kappa shape index (κ1) is 11.9. The molecule has 0 N–H and O–H groups in total. The summed E-state index contributed by atoms with van der Waals surface area (Å²) in [6, 6.07) is 0. The molecule has 1 saturated heterocycles. The van der Waals surface area contributed by atoms with Gasteiger partial charge in [0.05, 0.1) is 6.54 Å². The van der Waals surface area contributed by atoms with Crippen LogP contribution in [0.2, 0.25) is 0 Å². The van der Waals surface area contributed by atoms with Gasteiger partial charge in [-0.25, -0.2) is 9.18 Å². The normalized spacial score (nSPS) is 22.8. The van der Waals surface area contributed by atoms with Gasteiger partial charge in [-0.05, 0) is 20.8 Å². The molecule has 0 aromatic rings. The molecule has 4 nitrogen and oxygen atoms in total. The third-order valence-corrected chi connectivity index (χ3v) is 2.01. The first-order chi connectivity index (χ1) is 6.79. The molecule has 0 aliphatic carbocycles. The summed E-state index contributed by atoms with van der Waals surface area (Å²) in [5.74, 6) is -0.435. The number of Topliss-reactive ketones (excluding diaryl/α,β-unsaturated/α-hetero) is 1. The number of ether oxygens (including phenoxy) is 1. The summed E-state index contributed by atoms with van der Waals surface area (Å²) in [7, 11) is 0. The highest BCUT2D eigenvalue weighted by Crippen LogP contribution is 2.14. The molecule has 5 heteroatoms. The SMILES string of the molecule is CC(C)(C)OC(=O)N1CCC(=O)[C@H](F)C1. The number of likely N-dealkylation sites (tertiary alicyclic amines) is 1. The second kappa shape index (κ2) is 4.16. The summed E-state index contributed by atoms with van der Waals surface area (Å²) in [5, 5.41) is 0. The van der Waals surface area contributed by atoms with Gasteiger partial charge >= 0.3 is 6.09 Å². The van der Waals surface area contributed by atoms with Crippen molar-refractivity contribution in [3.05, 3.63) is 0 Å². The van der Waals surface area contributed by atoms with E-state index in [0.29, 0.717) is 0 Å². The standard InChI is InChI=1S/C10H16FNO3/c1-10(2,3)15-9(14)12-5-4-8(13)7(11)6-12/h7H,4-6H2,1-3H3/t7-/m1/s1. The fraction of sp³-hybridized carbons (Fsp3) is 0.800. The maximum Gasteiger partial charge on any atom is 0.410 e. The fourth-order valence-corrected chi connectivity index (χ4v) is 1.28. The Labute approximate surface area is 88.4 Å². The number of ketones is 1. The van der Waals surface area contributed by atoms with Gasteiger partial charge in [0.2, 0.25) is 0 Å². The number of hydrogen-bond donors (Lipinski definition) is 0. The third-order valence-electron chi connectivity index (χ3n) is 2.01. The maximum atomic E-state index is 13.0. The Hall–Kier alpha value is -1.13. The number of amides is 1. The molecule has 0 aromatic carbocycles. The lowest BCUT2D eigenvalue weighted by Crippen LogP contribution is -2.47. The van der Waals surface area contributed by atoms with Crippen LogP contribution < -0.4 is 0 Å². The Balaban J connectivity index is 2.51. The van der Waals surface area contributed by atoms with Crippen LogP contribution in [0.15, 0.2) is 0 Å². The van der Waals surface area contributed by atoms with Crippen LogP contribution in [0.4, 0.5) is 9.18 Å². The van der Waals surface area contributed by atoms with E-state index in [1.807, 2.05) is 0 Å². The molecule has 86 valence electrons. The first-order valence-corrected chi connectivity index (χ1v) is 4.94. The van der Waals surface area contributed by atoms with Crippen LogP contribution in [-0.2, 0) is 9.53 Å². The number of carbonyl (C=O) groups is 2. The summed E-state index contributed by atoms with van der Waals surface area (Å²) in [5.41, 5.74) is -0.593. The van der Waals surface area contributed by atoms with Gasteiger partial charge in [-0.15, -0.1) is 0 Å². The van der Waals surface area contributed by atoms with E-state index in [2.05, 4.69) is 0 Å². The average Bonchev–Trinajstić information content (AvgIpc) is 2.06. The molecule has 0 aromatic heterocycles. The molecule has 1 aliphatic heterocycles. The predicted molar refractivity (Wildman–Crippen MR) is 52.3 cm³/mol. The molecule has 1 fully saturated rings. The van der Waals surface area contributed by atoms with Gasteiger partial charge in [0, 0.05) is 13.0 Å². The van der Waals surface area contributed by atoms with Gasteiger partial charge < -0.3 is 9.64 Å². The van der Waals surface area contributed by atoms with Crippen LogP contribution in [-0.4, -0.2) is 41.6 Å². The zero-order chi connectivity index (χ0) is 11.6. The topological polar surface area (TPSA) is 46.6 Å². The first-order valence-electron chi connectivity index (χ1n) is 4.94. The number of hydrogen-bond acceptors (Lipinski definition) is 3. The average molecular weight is 217 g/mol. The Morgan fingerprint density at radius 1 is 1.53 bits per heavy atom. The second-order valence-electron chi connectivity index (χ2n) is 4.61. The second-order valence-corrected chi connectivity index (χ2v) is 4.61. The molecule has 1 heterocycles. The van der Waals surface area contributed by atoms with E-state index in [9.17, 15) is 14.0 Å². The summed E-state index contributed by atoms with van der Waals surface area (Å²) < 4.78 is 18.1. The Morgan fingerprint density at radius 2 is 2.13 bits per heavy atom. The van der Waals surface area contributed by atoms with Crippen molar-refractivity contribution in [1.82, 2.24) is 4.90 Å². The Kier molecular flexibility index (Phi) is 3.31. The van der Waals surface area contributed by atoms with E-state index in [4.69, 9.17) is 4.74 Å². The lowest BCUT2D eigenvalue weighted by molar-refractivity contribution is -0.127. The molecular formula is C10H16FNO3. The lowest BCUT2D eigenvalue weighted by atomic mass is 10.1. The van der Waals surface area contributed by atoms with Gasteiger partial charge in [-0.1, -0.05) is 0 Å². The zero-order valence-corrected chi connectivity index (χ0v) is 9.25. The van der Waals surface area contributed by atoms with Crippen LogP contribution in [0.1, 0.15) is 27.2 Å². The van der Waals surface area contributed by atoms with Crippen molar-refractivity contribution in [3.8, 4) is 0 Å². The zero-order valence-electron chi connectivity index (χ0n) is 9.25. The minimum absolute atomic E-state index is 0.0699. The number of nitrogens with zero attached hydrogens (tertiary/aromatic N) is 1. The summed E-state index contributed by atoms with van der Waals surface area (Å²) >= 11 is 0. The number of halogens is 1. The summed E-state index contributed by atoms with van der Waals surface area (Å²) in [6.45, 7) is 5.29. The van der Waals surface area contributed by atoms with E-state index in [1.165, 1.54) is 4.90 Å². The van der Waals surface area contributed by atoms with Crippen molar-refractivity contribution in [2.75, 3.05) is 13.1 Å². The molecule has 1 rings (SSSR count). The Morgan fingerprint density at radius 3 is 2.60 bits per heavy atom. The number of rotatable bonds is 0. The Bertz CT molecular complexity index is 272. The van der Waals surface area contributed by atoms with Crippen molar-refractivity contribution < 1.29 is 18.7 Å². The highest BCUT2D eigenvalue weighted by atomic mass is 19.1. The number of alkyl halides is 1. The molecule has 1 amide bonds. The summed E-state index contributed by atoms with van der Waals surface area (Å²) in [6.07, 6.45) is -2.05. The highest BCUT2D eigenvalue weighted by Gasteiger charge is 2.31. The lowest BCUT2D eigenvalue weighted by Gasteiger charge is -2.30. The van der Waals surface area contributed by atoms with Gasteiger partial charge in [0.15, 0.2) is 12.0 Å². The van der Waals surface area contributed by atoms with E-state index in [1.54, 1.807) is 20.8 Å². The monoisotopic (exact) mass is 217 g/mol. The maximum absolute atomic E-state index is 13.0. The van der Waals surface area contributed by atoms with Crippen molar-refractivity contribution in [2.45, 2.75) is 39.0 Å². The minimum Gasteiger partial charge on any atom is -0.444 e. The molecule has 0 spiro atoms. The van der Waals surface area contributed by atoms with Crippen LogP contribution in [0.3, 0.4) is 0 Å². The summed E-state index contributed by atoms with van der Waals surface area (Å²) in [4.78, 5) is 23.6. The van der Waals surface area contributed by atoms with Crippen molar-refractivity contribution >= 4 is 11.9 Å². The van der Waals surface area contributed by atoms with Crippen LogP contribution >= 0.6 is 0 Å². The van der Waals surface area contributed by atoms with Gasteiger partial charge in [0.25, 0.3) is 0 Å². The molecule has 1 atom stereocenters. The van der Waals surface area contributed by atoms with Crippen LogP contribution in [0.25, 0.3) is 0 Å². The highest BCUT2D eigenvalue weighted by molar-refractivity contribution is 5.85. The van der Waals surface area contributed by atoms with Crippen molar-refractivity contribution in [1.29, 1.82) is 0 Å². The van der Waals surface area contributed by atoms with Crippen LogP contribution in [0, 0.1) is 0 Å². The van der Waals surface area contributed by atoms with E-state index < -0.39 is 23.6 Å². The van der Waals surface area contributed by atoms with Crippen molar-refractivity contribution in [3.63, 3.8) is 0 Å². The van der Waals surface area contributed by atoms with Crippen LogP contribution in [0.5, 0.6) is 0 Å². The fourth-order valence-electron chi connectivity index (χ4n) is 1.28. The quantitative estimate of drug-likeness (QED) is 0.618. The smallest absolute Gasteiger partial charge is 0.410 e. The van der Waals surface area contributed by atoms with Crippen molar-refractivity contribution in [2.24, 2.45) is 0 Å². The molecular weight excluding hydrogens is 201 g/mol. The molecule has 15 heavy (non-hydrogen) atoms. The third kappa shape index (κ3) is 3.49. The molecule has 0 unspecified atom stereocenters. The predicted octanol–water partition coefficient (Wildman–Crippen LogP) is 1.53. The van der Waals surface area contributed by atoms with Gasteiger partial charge in [0.1, 0.15) is 5.60 Å². The van der Waals surface area contributed by atoms with Gasteiger partial charge in [-0.2, -0.15) is 0 Å². The molecule has 1 aliphatic rings. The molecule has 0 radical (unpaired) electrons. The van der Waals surface area contributed by atoms with E-state index in [0.717, 1.165) is 0 Å².